The predicted molar refractivity (Wildman–Crippen MR) is 92.1 cm³/mol. The van der Waals surface area contributed by atoms with Crippen LogP contribution in [0.5, 0.6) is 5.75 Å². The van der Waals surface area contributed by atoms with Crippen LogP contribution in [0.4, 0.5) is 0 Å². The van der Waals surface area contributed by atoms with Crippen molar-refractivity contribution in [2.24, 2.45) is 0 Å². The average Bonchev–Trinajstić information content (AvgIpc) is 3.10. The molecule has 2 aromatic rings. The molecule has 1 aliphatic heterocycles. The second-order valence-corrected chi connectivity index (χ2v) is 6.01. The van der Waals surface area contributed by atoms with Gasteiger partial charge in [-0.1, -0.05) is 30.3 Å². The van der Waals surface area contributed by atoms with Crippen molar-refractivity contribution < 1.29 is 9.53 Å². The Morgan fingerprint density at radius 3 is 2.35 bits per heavy atom. The monoisotopic (exact) mass is 309 g/mol. The Morgan fingerprint density at radius 2 is 1.65 bits per heavy atom. The number of ketones is 1. The minimum absolute atomic E-state index is 0.139. The number of hydrogen-bond donors (Lipinski definition) is 0. The molecule has 0 aromatic heterocycles. The molecule has 0 saturated carbocycles. The smallest absolute Gasteiger partial charge is 0.167 e. The van der Waals surface area contributed by atoms with Crippen LogP contribution in [0.15, 0.2) is 54.6 Å². The van der Waals surface area contributed by atoms with Crippen molar-refractivity contribution in [1.29, 1.82) is 0 Å². The van der Waals surface area contributed by atoms with Crippen LogP contribution in [0, 0.1) is 0 Å². The van der Waals surface area contributed by atoms with Crippen molar-refractivity contribution in [3.05, 3.63) is 65.7 Å². The predicted octanol–water partition coefficient (Wildman–Crippen LogP) is 3.59. The van der Waals surface area contributed by atoms with Gasteiger partial charge in [0, 0.05) is 18.5 Å². The van der Waals surface area contributed by atoms with Gasteiger partial charge in [0.05, 0.1) is 0 Å². The van der Waals surface area contributed by atoms with Crippen molar-refractivity contribution in [3.63, 3.8) is 0 Å². The third-order valence-electron chi connectivity index (χ3n) is 4.26. The second kappa shape index (κ2) is 7.93. The summed E-state index contributed by atoms with van der Waals surface area (Å²) >= 11 is 0. The first-order valence-corrected chi connectivity index (χ1v) is 8.33. The maximum atomic E-state index is 12.3. The molecule has 0 unspecified atom stereocenters. The molecule has 23 heavy (non-hydrogen) atoms. The Balaban J connectivity index is 1.49. The van der Waals surface area contributed by atoms with Crippen LogP contribution in [0.1, 0.15) is 28.8 Å². The van der Waals surface area contributed by atoms with Crippen molar-refractivity contribution in [2.45, 2.75) is 19.3 Å². The van der Waals surface area contributed by atoms with E-state index in [-0.39, 0.29) is 5.78 Å². The number of hydrogen-bond acceptors (Lipinski definition) is 3. The lowest BCUT2D eigenvalue weighted by Gasteiger charge is -2.15. The van der Waals surface area contributed by atoms with E-state index in [4.69, 9.17) is 4.74 Å². The first-order chi connectivity index (χ1) is 11.3. The van der Waals surface area contributed by atoms with Gasteiger partial charge in [0.1, 0.15) is 12.4 Å². The molecule has 0 aliphatic carbocycles. The zero-order valence-corrected chi connectivity index (χ0v) is 13.4. The summed E-state index contributed by atoms with van der Waals surface area (Å²) in [6.45, 7) is 4.07. The average molecular weight is 309 g/mol. The van der Waals surface area contributed by atoms with E-state index >= 15 is 0 Å². The fraction of sp³-hybridized carbons (Fsp3) is 0.350. The topological polar surface area (TPSA) is 29.5 Å². The number of nitrogens with zero attached hydrogens (tertiary/aromatic N) is 1. The number of likely N-dealkylation sites (tertiary alicyclic amines) is 1. The van der Waals surface area contributed by atoms with Gasteiger partial charge in [0.2, 0.25) is 0 Å². The summed E-state index contributed by atoms with van der Waals surface area (Å²) in [5.74, 6) is 0.972. The Kier molecular flexibility index (Phi) is 5.43. The molecule has 0 atom stereocenters. The molecule has 0 spiro atoms. The van der Waals surface area contributed by atoms with E-state index in [0.29, 0.717) is 13.0 Å². The van der Waals surface area contributed by atoms with E-state index in [9.17, 15) is 4.79 Å². The molecule has 3 nitrogen and oxygen atoms in total. The summed E-state index contributed by atoms with van der Waals surface area (Å²) in [6.07, 6.45) is 3.05. The zero-order chi connectivity index (χ0) is 15.9. The minimum Gasteiger partial charge on any atom is -0.492 e. The molecular formula is C20H23NO2. The molecule has 2 aromatic carbocycles. The Morgan fingerprint density at radius 1 is 0.957 bits per heavy atom. The molecule has 0 radical (unpaired) electrons. The van der Waals surface area contributed by atoms with E-state index < -0.39 is 0 Å². The van der Waals surface area contributed by atoms with Crippen molar-refractivity contribution >= 4 is 5.78 Å². The SMILES string of the molecule is O=C(Cc1ccccc1)c1ccc(OCCN2CCCC2)cc1. The van der Waals surface area contributed by atoms with Gasteiger partial charge in [-0.2, -0.15) is 0 Å². The third kappa shape index (κ3) is 4.67. The van der Waals surface area contributed by atoms with Crippen molar-refractivity contribution in [1.82, 2.24) is 4.90 Å². The summed E-state index contributed by atoms with van der Waals surface area (Å²) in [4.78, 5) is 14.7. The molecule has 120 valence electrons. The summed E-state index contributed by atoms with van der Waals surface area (Å²) in [7, 11) is 0. The van der Waals surface area contributed by atoms with Gasteiger partial charge in [-0.05, 0) is 55.8 Å². The highest BCUT2D eigenvalue weighted by atomic mass is 16.5. The molecule has 3 heteroatoms. The molecule has 1 heterocycles. The van der Waals surface area contributed by atoms with Crippen LogP contribution < -0.4 is 4.74 Å². The summed E-state index contributed by atoms with van der Waals surface area (Å²) in [5.41, 5.74) is 1.78. The number of rotatable bonds is 7. The highest BCUT2D eigenvalue weighted by Crippen LogP contribution is 2.15. The molecular weight excluding hydrogens is 286 g/mol. The third-order valence-corrected chi connectivity index (χ3v) is 4.26. The fourth-order valence-electron chi connectivity index (χ4n) is 2.92. The molecule has 1 aliphatic rings. The first kappa shape index (κ1) is 15.8. The Hall–Kier alpha value is -2.13. The van der Waals surface area contributed by atoms with Crippen LogP contribution in [0.25, 0.3) is 0 Å². The van der Waals surface area contributed by atoms with Crippen molar-refractivity contribution in [2.75, 3.05) is 26.2 Å². The van der Waals surface area contributed by atoms with Gasteiger partial charge < -0.3 is 4.74 Å². The van der Waals surface area contributed by atoms with E-state index in [1.54, 1.807) is 0 Å². The molecule has 1 fully saturated rings. The highest BCUT2D eigenvalue weighted by molar-refractivity contribution is 5.97. The number of carbonyl (C=O) groups is 1. The largest absolute Gasteiger partial charge is 0.492 e. The van der Waals surface area contributed by atoms with Gasteiger partial charge in [0.25, 0.3) is 0 Å². The molecule has 3 rings (SSSR count). The summed E-state index contributed by atoms with van der Waals surface area (Å²) in [5, 5.41) is 0. The quantitative estimate of drug-likeness (QED) is 0.732. The Bertz CT molecular complexity index is 616. The van der Waals surface area contributed by atoms with Crippen LogP contribution in [-0.4, -0.2) is 36.9 Å². The first-order valence-electron chi connectivity index (χ1n) is 8.33. The van der Waals surface area contributed by atoms with Crippen molar-refractivity contribution in [3.8, 4) is 5.75 Å². The molecule has 0 amide bonds. The van der Waals surface area contributed by atoms with Gasteiger partial charge in [-0.25, -0.2) is 0 Å². The maximum Gasteiger partial charge on any atom is 0.167 e. The van der Waals surface area contributed by atoms with Crippen LogP contribution in [-0.2, 0) is 6.42 Å². The summed E-state index contributed by atoms with van der Waals surface area (Å²) in [6, 6.07) is 17.3. The van der Waals surface area contributed by atoms with Gasteiger partial charge in [-0.3, -0.25) is 9.69 Å². The fourth-order valence-corrected chi connectivity index (χ4v) is 2.92. The van der Waals surface area contributed by atoms with E-state index in [2.05, 4.69) is 4.90 Å². The van der Waals surface area contributed by atoms with E-state index in [0.717, 1.165) is 23.4 Å². The number of benzene rings is 2. The lowest BCUT2D eigenvalue weighted by Crippen LogP contribution is -2.25. The second-order valence-electron chi connectivity index (χ2n) is 6.01. The normalized spacial score (nSPS) is 14.8. The highest BCUT2D eigenvalue weighted by Gasteiger charge is 2.11. The van der Waals surface area contributed by atoms with E-state index in [1.165, 1.54) is 25.9 Å². The van der Waals surface area contributed by atoms with Crippen LogP contribution in [0.3, 0.4) is 0 Å². The van der Waals surface area contributed by atoms with E-state index in [1.807, 2.05) is 54.6 Å². The van der Waals surface area contributed by atoms with Gasteiger partial charge in [0.15, 0.2) is 5.78 Å². The van der Waals surface area contributed by atoms with Crippen LogP contribution in [0.2, 0.25) is 0 Å². The lowest BCUT2D eigenvalue weighted by atomic mass is 10.0. The number of Topliss-reactive ketones (excluding diaryl/α,β-unsaturated/α-hetero) is 1. The van der Waals surface area contributed by atoms with Gasteiger partial charge >= 0.3 is 0 Å². The number of carbonyl (C=O) groups excluding carboxylic acids is 1. The zero-order valence-electron chi connectivity index (χ0n) is 13.4. The Labute approximate surface area is 137 Å². The maximum absolute atomic E-state index is 12.3. The minimum atomic E-state index is 0.139. The molecule has 0 N–H and O–H groups in total. The number of ether oxygens (including phenoxy) is 1. The lowest BCUT2D eigenvalue weighted by molar-refractivity contribution is 0.0993. The standard InChI is InChI=1S/C20H23NO2/c22-20(16-17-6-2-1-3-7-17)18-8-10-19(11-9-18)23-15-14-21-12-4-5-13-21/h1-3,6-11H,4-5,12-16H2. The molecule has 0 bridgehead atoms. The van der Waals surface area contributed by atoms with Crippen LogP contribution >= 0.6 is 0 Å². The van der Waals surface area contributed by atoms with Gasteiger partial charge in [-0.15, -0.1) is 0 Å². The molecule has 1 saturated heterocycles. The summed E-state index contributed by atoms with van der Waals surface area (Å²) < 4.78 is 5.77.